The highest BCUT2D eigenvalue weighted by molar-refractivity contribution is 5.91. The van der Waals surface area contributed by atoms with Gasteiger partial charge in [0.05, 0.1) is 0 Å². The minimum atomic E-state index is -0.246. The molecule has 0 spiro atoms. The van der Waals surface area contributed by atoms with Gasteiger partial charge in [-0.3, -0.25) is 14.4 Å². The van der Waals surface area contributed by atoms with Crippen molar-refractivity contribution >= 4 is 17.3 Å². The van der Waals surface area contributed by atoms with Crippen molar-refractivity contribution in [3.05, 3.63) is 0 Å². The van der Waals surface area contributed by atoms with E-state index < -0.39 is 0 Å². The van der Waals surface area contributed by atoms with E-state index in [4.69, 9.17) is 0 Å². The van der Waals surface area contributed by atoms with Crippen LogP contribution in [0.5, 0.6) is 0 Å². The van der Waals surface area contributed by atoms with Crippen molar-refractivity contribution < 1.29 is 14.4 Å². The maximum atomic E-state index is 12.9. The van der Waals surface area contributed by atoms with Crippen molar-refractivity contribution in [3.63, 3.8) is 0 Å². The summed E-state index contributed by atoms with van der Waals surface area (Å²) >= 11 is 0. The molecule has 3 heteroatoms. The predicted octanol–water partition coefficient (Wildman–Crippen LogP) is 3.35. The minimum Gasteiger partial charge on any atom is -0.300 e. The molecule has 0 aromatic heterocycles. The van der Waals surface area contributed by atoms with Crippen LogP contribution in [0.15, 0.2) is 0 Å². The molecule has 4 fully saturated rings. The summed E-state index contributed by atoms with van der Waals surface area (Å²) in [6.07, 6.45) is 6.32. The van der Waals surface area contributed by atoms with E-state index in [1.165, 1.54) is 0 Å². The summed E-state index contributed by atoms with van der Waals surface area (Å²) in [6, 6.07) is 0. The van der Waals surface area contributed by atoms with Crippen LogP contribution in [0, 0.1) is 34.5 Å². The molecular formula is C19H26O3. The van der Waals surface area contributed by atoms with Gasteiger partial charge in [0.1, 0.15) is 17.3 Å². The summed E-state index contributed by atoms with van der Waals surface area (Å²) in [4.78, 5) is 37.1. The topological polar surface area (TPSA) is 51.2 Å². The Hall–Kier alpha value is -0.990. The predicted molar refractivity (Wildman–Crippen MR) is 82.1 cm³/mol. The van der Waals surface area contributed by atoms with Crippen LogP contribution in [0.1, 0.15) is 65.2 Å². The van der Waals surface area contributed by atoms with E-state index in [1.54, 1.807) is 0 Å². The third kappa shape index (κ3) is 1.71. The first-order valence-electron chi connectivity index (χ1n) is 8.94. The highest BCUT2D eigenvalue weighted by atomic mass is 16.1. The van der Waals surface area contributed by atoms with Gasteiger partial charge in [0.2, 0.25) is 0 Å². The maximum Gasteiger partial charge on any atom is 0.139 e. The fourth-order valence-corrected chi connectivity index (χ4v) is 6.50. The molecule has 6 atom stereocenters. The third-order valence-electron chi connectivity index (χ3n) is 8.00. The Morgan fingerprint density at radius 2 is 1.68 bits per heavy atom. The number of fused-ring (bicyclic) bond motifs is 5. The van der Waals surface area contributed by atoms with Crippen molar-refractivity contribution in [2.45, 2.75) is 65.2 Å². The quantitative estimate of drug-likeness (QED) is 0.689. The number of Topliss-reactive ketones (excluding diaryl/α,β-unsaturated/α-hetero) is 3. The van der Waals surface area contributed by atoms with Crippen LogP contribution in [0.2, 0.25) is 0 Å². The fourth-order valence-electron chi connectivity index (χ4n) is 6.50. The van der Waals surface area contributed by atoms with E-state index in [0.717, 1.165) is 25.7 Å². The number of hydrogen-bond acceptors (Lipinski definition) is 3. The molecule has 4 aliphatic rings. The molecule has 0 bridgehead atoms. The second-order valence-corrected chi connectivity index (χ2v) is 8.77. The van der Waals surface area contributed by atoms with Gasteiger partial charge in [0.25, 0.3) is 0 Å². The molecule has 0 heterocycles. The van der Waals surface area contributed by atoms with Crippen LogP contribution >= 0.6 is 0 Å². The van der Waals surface area contributed by atoms with Crippen LogP contribution in [0.25, 0.3) is 0 Å². The molecule has 4 saturated carbocycles. The Bertz CT molecular complexity index is 565. The summed E-state index contributed by atoms with van der Waals surface area (Å²) < 4.78 is 0. The van der Waals surface area contributed by atoms with Gasteiger partial charge in [-0.05, 0) is 48.9 Å². The Morgan fingerprint density at radius 1 is 0.909 bits per heavy atom. The number of ketones is 3. The zero-order chi connectivity index (χ0) is 15.7. The lowest BCUT2D eigenvalue weighted by molar-refractivity contribution is -0.158. The Kier molecular flexibility index (Phi) is 3.00. The average molecular weight is 302 g/mol. The van der Waals surface area contributed by atoms with E-state index >= 15 is 0 Å². The first-order valence-corrected chi connectivity index (χ1v) is 8.94. The van der Waals surface area contributed by atoms with Crippen molar-refractivity contribution in [1.29, 1.82) is 0 Å². The first kappa shape index (κ1) is 14.6. The summed E-state index contributed by atoms with van der Waals surface area (Å²) in [5.74, 6) is 2.08. The van der Waals surface area contributed by atoms with Crippen LogP contribution in [-0.4, -0.2) is 17.3 Å². The average Bonchev–Trinajstić information content (AvgIpc) is 2.77. The Labute approximate surface area is 132 Å². The van der Waals surface area contributed by atoms with Gasteiger partial charge in [-0.15, -0.1) is 0 Å². The second kappa shape index (κ2) is 4.52. The summed E-state index contributed by atoms with van der Waals surface area (Å²) in [5.41, 5.74) is -0.107. The molecule has 0 aromatic carbocycles. The molecule has 22 heavy (non-hydrogen) atoms. The number of rotatable bonds is 0. The standard InChI is InChI=1S/C19H26O3/c1-18-7-5-12(20)9-11(18)10-15(21)17-13-3-4-16(22)19(13,2)8-6-14(17)18/h11,13-14,17H,3-10H2,1-2H3/t11-,13+,14+,17+,18-,19-/m0/s1. The van der Waals surface area contributed by atoms with Crippen LogP contribution < -0.4 is 0 Å². The van der Waals surface area contributed by atoms with Crippen molar-refractivity contribution in [1.82, 2.24) is 0 Å². The van der Waals surface area contributed by atoms with E-state index in [1.807, 2.05) is 0 Å². The molecule has 0 aromatic rings. The van der Waals surface area contributed by atoms with E-state index in [0.29, 0.717) is 49.0 Å². The molecule has 0 amide bonds. The smallest absolute Gasteiger partial charge is 0.139 e. The van der Waals surface area contributed by atoms with Crippen molar-refractivity contribution in [2.24, 2.45) is 34.5 Å². The molecule has 0 aliphatic heterocycles. The highest BCUT2D eigenvalue weighted by Crippen LogP contribution is 2.64. The third-order valence-corrected chi connectivity index (χ3v) is 8.00. The lowest BCUT2D eigenvalue weighted by Crippen LogP contribution is -2.57. The van der Waals surface area contributed by atoms with E-state index in [-0.39, 0.29) is 28.6 Å². The Morgan fingerprint density at radius 3 is 2.45 bits per heavy atom. The zero-order valence-electron chi connectivity index (χ0n) is 13.7. The van der Waals surface area contributed by atoms with Crippen LogP contribution in [0.3, 0.4) is 0 Å². The summed E-state index contributed by atoms with van der Waals surface area (Å²) in [6.45, 7) is 4.43. The number of hydrogen-bond donors (Lipinski definition) is 0. The van der Waals surface area contributed by atoms with Gasteiger partial charge in [-0.2, -0.15) is 0 Å². The molecule has 0 N–H and O–H groups in total. The van der Waals surface area contributed by atoms with E-state index in [2.05, 4.69) is 13.8 Å². The van der Waals surface area contributed by atoms with Gasteiger partial charge in [0, 0.05) is 37.0 Å². The molecule has 0 radical (unpaired) electrons. The van der Waals surface area contributed by atoms with Crippen LogP contribution in [-0.2, 0) is 14.4 Å². The maximum absolute atomic E-state index is 12.9. The second-order valence-electron chi connectivity index (χ2n) is 8.77. The lowest BCUT2D eigenvalue weighted by Gasteiger charge is -2.58. The lowest BCUT2D eigenvalue weighted by atomic mass is 9.45. The molecule has 120 valence electrons. The van der Waals surface area contributed by atoms with Gasteiger partial charge in [-0.25, -0.2) is 0 Å². The van der Waals surface area contributed by atoms with Crippen molar-refractivity contribution in [2.75, 3.05) is 0 Å². The van der Waals surface area contributed by atoms with Crippen LogP contribution in [0.4, 0.5) is 0 Å². The molecule has 0 unspecified atom stereocenters. The largest absolute Gasteiger partial charge is 0.300 e. The Balaban J connectivity index is 1.72. The summed E-state index contributed by atoms with van der Waals surface area (Å²) in [5, 5.41) is 0. The first-order chi connectivity index (χ1) is 10.4. The van der Waals surface area contributed by atoms with Gasteiger partial charge < -0.3 is 0 Å². The minimum absolute atomic E-state index is 0.0830. The van der Waals surface area contributed by atoms with Gasteiger partial charge in [-0.1, -0.05) is 13.8 Å². The highest BCUT2D eigenvalue weighted by Gasteiger charge is 2.62. The zero-order valence-corrected chi connectivity index (χ0v) is 13.7. The molecule has 0 saturated heterocycles. The number of carbonyl (C=O) groups excluding carboxylic acids is 3. The molecular weight excluding hydrogens is 276 g/mol. The fraction of sp³-hybridized carbons (Fsp3) is 0.842. The molecule has 3 nitrogen and oxygen atoms in total. The monoisotopic (exact) mass is 302 g/mol. The number of carbonyl (C=O) groups is 3. The van der Waals surface area contributed by atoms with Gasteiger partial charge in [0.15, 0.2) is 0 Å². The van der Waals surface area contributed by atoms with Crippen molar-refractivity contribution in [3.8, 4) is 0 Å². The molecule has 4 rings (SSSR count). The summed E-state index contributed by atoms with van der Waals surface area (Å²) in [7, 11) is 0. The normalized spacial score (nSPS) is 51.3. The SMILES string of the molecule is C[C@]12CCC(=O)C[C@H]1CC(=O)[C@H]1[C@H]2CC[C@]2(C)C(=O)CC[C@H]12. The molecule has 4 aliphatic carbocycles. The van der Waals surface area contributed by atoms with Gasteiger partial charge >= 0.3 is 0 Å². The van der Waals surface area contributed by atoms with E-state index in [9.17, 15) is 14.4 Å².